The molecule has 2 aliphatic heterocycles. The maximum absolute atomic E-state index is 13.6. The lowest BCUT2D eigenvalue weighted by atomic mass is 9.95. The molecule has 0 saturated carbocycles. The Morgan fingerprint density at radius 3 is 2.10 bits per heavy atom. The average Bonchev–Trinajstić information content (AvgIpc) is 3.04. The van der Waals surface area contributed by atoms with Crippen LogP contribution in [0.4, 0.5) is 5.69 Å². The highest BCUT2D eigenvalue weighted by Gasteiger charge is 2.45. The highest BCUT2D eigenvalue weighted by molar-refractivity contribution is 6.22. The number of rotatable bonds is 5. The number of carbonyl (C=O) groups is 3. The van der Waals surface area contributed by atoms with E-state index in [4.69, 9.17) is 0 Å². The number of piperazine rings is 1. The Labute approximate surface area is 183 Å². The van der Waals surface area contributed by atoms with Gasteiger partial charge >= 0.3 is 0 Å². The normalized spacial score (nSPS) is 18.2. The van der Waals surface area contributed by atoms with Crippen LogP contribution in [-0.4, -0.2) is 59.7 Å². The van der Waals surface area contributed by atoms with Crippen molar-refractivity contribution in [2.24, 2.45) is 5.92 Å². The fourth-order valence-electron chi connectivity index (χ4n) is 4.49. The molecular weight excluding hydrogens is 390 g/mol. The van der Waals surface area contributed by atoms with Gasteiger partial charge in [-0.1, -0.05) is 44.5 Å². The van der Waals surface area contributed by atoms with Crippen molar-refractivity contribution in [3.8, 4) is 0 Å². The van der Waals surface area contributed by atoms with Gasteiger partial charge in [-0.15, -0.1) is 0 Å². The predicted molar refractivity (Wildman–Crippen MR) is 120 cm³/mol. The molecule has 2 atom stereocenters. The van der Waals surface area contributed by atoms with E-state index in [1.807, 2.05) is 24.8 Å². The summed E-state index contributed by atoms with van der Waals surface area (Å²) in [5.74, 6) is -0.979. The number of hydrogen-bond donors (Lipinski definition) is 0. The van der Waals surface area contributed by atoms with Crippen LogP contribution in [-0.2, 0) is 4.79 Å². The summed E-state index contributed by atoms with van der Waals surface area (Å²) in [5, 5.41) is 0. The number of hydrogen-bond acceptors (Lipinski definition) is 4. The van der Waals surface area contributed by atoms with E-state index < -0.39 is 6.04 Å². The summed E-state index contributed by atoms with van der Waals surface area (Å²) in [6, 6.07) is 14.4. The number of fused-ring (bicyclic) bond motifs is 1. The Hall–Kier alpha value is -3.15. The standard InChI is InChI=1S/C25H29N3O3/c1-4-18(3)22(28-23(29)20-10-5-6-11-21(20)24(28)30)25(31)27-14-12-26(13-15-27)19-9-7-8-17(2)16-19/h5-11,16,18,22H,4,12-15H2,1-3H3. The summed E-state index contributed by atoms with van der Waals surface area (Å²) in [7, 11) is 0. The van der Waals surface area contributed by atoms with Crippen LogP contribution in [0.5, 0.6) is 0 Å². The summed E-state index contributed by atoms with van der Waals surface area (Å²) in [4.78, 5) is 45.0. The van der Waals surface area contributed by atoms with E-state index in [-0.39, 0.29) is 23.6 Å². The lowest BCUT2D eigenvalue weighted by Gasteiger charge is -2.40. The molecule has 0 spiro atoms. The number of benzene rings is 2. The van der Waals surface area contributed by atoms with Gasteiger partial charge in [0.25, 0.3) is 11.8 Å². The Bertz CT molecular complexity index is 976. The van der Waals surface area contributed by atoms with Crippen LogP contribution >= 0.6 is 0 Å². The van der Waals surface area contributed by atoms with E-state index >= 15 is 0 Å². The zero-order valence-electron chi connectivity index (χ0n) is 18.4. The van der Waals surface area contributed by atoms with E-state index in [0.717, 1.165) is 18.8 Å². The van der Waals surface area contributed by atoms with Gasteiger partial charge in [-0.05, 0) is 42.7 Å². The molecule has 2 unspecified atom stereocenters. The largest absolute Gasteiger partial charge is 0.368 e. The third kappa shape index (κ3) is 3.82. The first kappa shape index (κ1) is 21.1. The maximum atomic E-state index is 13.6. The number of amides is 3. The molecule has 2 aromatic carbocycles. The summed E-state index contributed by atoms with van der Waals surface area (Å²) < 4.78 is 0. The van der Waals surface area contributed by atoms with E-state index in [0.29, 0.717) is 30.6 Å². The maximum Gasteiger partial charge on any atom is 0.262 e. The number of aryl methyl sites for hydroxylation is 1. The molecular formula is C25H29N3O3. The Kier molecular flexibility index (Phi) is 5.81. The monoisotopic (exact) mass is 419 g/mol. The first-order valence-corrected chi connectivity index (χ1v) is 11.0. The van der Waals surface area contributed by atoms with Crippen molar-refractivity contribution in [3.05, 3.63) is 65.2 Å². The molecule has 3 amide bonds. The van der Waals surface area contributed by atoms with E-state index in [1.54, 1.807) is 24.3 Å². The zero-order valence-corrected chi connectivity index (χ0v) is 18.4. The second kappa shape index (κ2) is 8.53. The Morgan fingerprint density at radius 1 is 0.935 bits per heavy atom. The molecule has 6 nitrogen and oxygen atoms in total. The molecule has 4 rings (SSSR count). The number of imide groups is 1. The minimum absolute atomic E-state index is 0.121. The molecule has 6 heteroatoms. The van der Waals surface area contributed by atoms with Crippen LogP contribution in [0.2, 0.25) is 0 Å². The summed E-state index contributed by atoms with van der Waals surface area (Å²) in [6.07, 6.45) is 0.701. The smallest absolute Gasteiger partial charge is 0.262 e. The Balaban J connectivity index is 1.53. The van der Waals surface area contributed by atoms with E-state index in [1.165, 1.54) is 10.5 Å². The van der Waals surface area contributed by atoms with Gasteiger partial charge in [0.15, 0.2) is 0 Å². The van der Waals surface area contributed by atoms with Crippen LogP contribution in [0.25, 0.3) is 0 Å². The second-order valence-corrected chi connectivity index (χ2v) is 8.51. The fourth-order valence-corrected chi connectivity index (χ4v) is 4.49. The van der Waals surface area contributed by atoms with Crippen molar-refractivity contribution < 1.29 is 14.4 Å². The molecule has 0 radical (unpaired) electrons. The van der Waals surface area contributed by atoms with Crippen LogP contribution in [0.15, 0.2) is 48.5 Å². The molecule has 162 valence electrons. The fraction of sp³-hybridized carbons (Fsp3) is 0.400. The number of carbonyl (C=O) groups excluding carboxylic acids is 3. The lowest BCUT2D eigenvalue weighted by molar-refractivity contribution is -0.137. The summed E-state index contributed by atoms with van der Waals surface area (Å²) in [6.45, 7) is 8.59. The molecule has 2 aromatic rings. The highest BCUT2D eigenvalue weighted by Crippen LogP contribution is 2.29. The van der Waals surface area contributed by atoms with Crippen LogP contribution in [0.1, 0.15) is 46.5 Å². The molecule has 0 N–H and O–H groups in total. The number of anilines is 1. The summed E-state index contributed by atoms with van der Waals surface area (Å²) in [5.41, 5.74) is 3.14. The van der Waals surface area contributed by atoms with Crippen molar-refractivity contribution in [1.82, 2.24) is 9.80 Å². The molecule has 0 aliphatic carbocycles. The SMILES string of the molecule is CCC(C)C(C(=O)N1CCN(c2cccc(C)c2)CC1)N1C(=O)c2ccccc2C1=O. The lowest BCUT2D eigenvalue weighted by Crippen LogP contribution is -2.58. The van der Waals surface area contributed by atoms with E-state index in [2.05, 4.69) is 30.0 Å². The quantitative estimate of drug-likeness (QED) is 0.698. The first-order chi connectivity index (χ1) is 14.9. The van der Waals surface area contributed by atoms with Gasteiger partial charge in [0.2, 0.25) is 5.91 Å². The van der Waals surface area contributed by atoms with Gasteiger partial charge in [0, 0.05) is 31.9 Å². The highest BCUT2D eigenvalue weighted by atomic mass is 16.2. The van der Waals surface area contributed by atoms with Crippen LogP contribution in [0, 0.1) is 12.8 Å². The Morgan fingerprint density at radius 2 is 1.55 bits per heavy atom. The molecule has 1 fully saturated rings. The van der Waals surface area contributed by atoms with Gasteiger partial charge in [-0.2, -0.15) is 0 Å². The van der Waals surface area contributed by atoms with Crippen LogP contribution < -0.4 is 4.90 Å². The summed E-state index contributed by atoms with van der Waals surface area (Å²) >= 11 is 0. The minimum atomic E-state index is -0.775. The third-order valence-corrected chi connectivity index (χ3v) is 6.50. The van der Waals surface area contributed by atoms with Crippen molar-refractivity contribution in [1.29, 1.82) is 0 Å². The average molecular weight is 420 g/mol. The van der Waals surface area contributed by atoms with Crippen LogP contribution in [0.3, 0.4) is 0 Å². The third-order valence-electron chi connectivity index (χ3n) is 6.50. The first-order valence-electron chi connectivity index (χ1n) is 11.0. The van der Waals surface area contributed by atoms with E-state index in [9.17, 15) is 14.4 Å². The van der Waals surface area contributed by atoms with Crippen molar-refractivity contribution in [2.45, 2.75) is 33.2 Å². The molecule has 0 aromatic heterocycles. The molecule has 2 aliphatic rings. The predicted octanol–water partition coefficient (Wildman–Crippen LogP) is 3.35. The van der Waals surface area contributed by atoms with Gasteiger partial charge in [-0.3, -0.25) is 19.3 Å². The number of nitrogens with zero attached hydrogens (tertiary/aromatic N) is 3. The van der Waals surface area contributed by atoms with Gasteiger partial charge < -0.3 is 9.80 Å². The molecule has 1 saturated heterocycles. The topological polar surface area (TPSA) is 60.9 Å². The minimum Gasteiger partial charge on any atom is -0.368 e. The molecule has 0 bridgehead atoms. The second-order valence-electron chi connectivity index (χ2n) is 8.51. The van der Waals surface area contributed by atoms with Crippen molar-refractivity contribution in [3.63, 3.8) is 0 Å². The van der Waals surface area contributed by atoms with Crippen molar-refractivity contribution in [2.75, 3.05) is 31.1 Å². The van der Waals surface area contributed by atoms with Gasteiger partial charge in [-0.25, -0.2) is 0 Å². The molecule has 31 heavy (non-hydrogen) atoms. The van der Waals surface area contributed by atoms with Gasteiger partial charge in [0.05, 0.1) is 11.1 Å². The zero-order chi connectivity index (χ0) is 22.1. The van der Waals surface area contributed by atoms with Crippen molar-refractivity contribution >= 4 is 23.4 Å². The van der Waals surface area contributed by atoms with Gasteiger partial charge in [0.1, 0.15) is 6.04 Å². The molecule has 2 heterocycles.